The third kappa shape index (κ3) is 6.67. The van der Waals surface area contributed by atoms with Crippen molar-refractivity contribution in [1.82, 2.24) is 4.90 Å². The van der Waals surface area contributed by atoms with Crippen molar-refractivity contribution in [3.8, 4) is 0 Å². The third-order valence-electron chi connectivity index (χ3n) is 3.82. The van der Waals surface area contributed by atoms with Gasteiger partial charge < -0.3 is 20.7 Å². The number of amides is 2. The number of rotatable bonds is 5. The molecule has 0 unspecified atom stereocenters. The minimum atomic E-state index is -0.725. The molecule has 0 aliphatic carbocycles. The van der Waals surface area contributed by atoms with Gasteiger partial charge in [-0.1, -0.05) is 0 Å². The summed E-state index contributed by atoms with van der Waals surface area (Å²) in [5.41, 5.74) is 5.69. The van der Waals surface area contributed by atoms with Crippen molar-refractivity contribution < 1.29 is 23.6 Å². The Hall–Kier alpha value is -2.91. The maximum Gasteiger partial charge on any atom is 0.405 e. The number of hydrogen-bond donors (Lipinski definition) is 2. The smallest absolute Gasteiger partial charge is 0.405 e. The molecular weight excluding hydrogens is 371 g/mol. The molecular formula is C18H27FN4O5. The van der Waals surface area contributed by atoms with Gasteiger partial charge in [0, 0.05) is 31.8 Å². The second-order valence-electron chi connectivity index (χ2n) is 7.15. The first-order valence-corrected chi connectivity index (χ1v) is 8.83. The minimum Gasteiger partial charge on any atom is -0.444 e. The second kappa shape index (κ2) is 9.86. The number of anilines is 1. The molecule has 1 aliphatic heterocycles. The number of benzene rings is 1. The summed E-state index contributed by atoms with van der Waals surface area (Å²) in [5, 5.41) is 13.8. The van der Waals surface area contributed by atoms with Crippen molar-refractivity contribution in [3.63, 3.8) is 0 Å². The molecule has 1 aromatic carbocycles. The average molecular weight is 398 g/mol. The predicted octanol–water partition coefficient (Wildman–Crippen LogP) is 2.87. The number of carbonyl (C=O) groups excluding carboxylic acids is 2. The van der Waals surface area contributed by atoms with E-state index in [-0.39, 0.29) is 18.0 Å². The van der Waals surface area contributed by atoms with Crippen molar-refractivity contribution in [2.75, 3.05) is 32.1 Å². The van der Waals surface area contributed by atoms with Crippen LogP contribution in [0.25, 0.3) is 0 Å². The third-order valence-corrected chi connectivity index (χ3v) is 3.82. The Labute approximate surface area is 163 Å². The minimum absolute atomic E-state index is 0.119. The fourth-order valence-electron chi connectivity index (χ4n) is 2.68. The van der Waals surface area contributed by atoms with Crippen LogP contribution in [-0.4, -0.2) is 54.2 Å². The van der Waals surface area contributed by atoms with Crippen LogP contribution < -0.4 is 11.1 Å². The van der Waals surface area contributed by atoms with Crippen LogP contribution in [0.1, 0.15) is 43.1 Å². The number of nitrogens with one attached hydrogen (secondary N) is 1. The van der Waals surface area contributed by atoms with Crippen molar-refractivity contribution in [2.24, 2.45) is 5.73 Å². The van der Waals surface area contributed by atoms with Crippen molar-refractivity contribution >= 4 is 23.4 Å². The SMILES string of the molecule is CC(C)(C)OC(N)=O.CNc1cc2c(cc1[N+](=O)[O-])C(=O)N(CCCF)CC2. The van der Waals surface area contributed by atoms with Crippen molar-refractivity contribution in [2.45, 2.75) is 39.2 Å². The number of primary amides is 1. The second-order valence-corrected chi connectivity index (χ2v) is 7.15. The summed E-state index contributed by atoms with van der Waals surface area (Å²) in [5.74, 6) is -0.259. The van der Waals surface area contributed by atoms with E-state index in [1.807, 2.05) is 0 Å². The number of nitrogens with two attached hydrogens (primary N) is 1. The Balaban J connectivity index is 0.000000416. The molecule has 156 valence electrons. The molecule has 1 aliphatic rings. The highest BCUT2D eigenvalue weighted by atomic mass is 19.1. The van der Waals surface area contributed by atoms with Crippen LogP contribution in [0.5, 0.6) is 0 Å². The zero-order chi connectivity index (χ0) is 21.5. The number of nitro groups is 1. The van der Waals surface area contributed by atoms with Gasteiger partial charge in [-0.15, -0.1) is 0 Å². The number of nitro benzene ring substituents is 1. The van der Waals surface area contributed by atoms with Crippen molar-refractivity contribution in [3.05, 3.63) is 33.4 Å². The maximum atomic E-state index is 12.3. The molecule has 2 amide bonds. The first-order chi connectivity index (χ1) is 13.0. The van der Waals surface area contributed by atoms with Gasteiger partial charge >= 0.3 is 6.09 Å². The Bertz CT molecular complexity index is 733. The van der Waals surface area contributed by atoms with E-state index in [0.29, 0.717) is 30.8 Å². The molecule has 10 heteroatoms. The fraction of sp³-hybridized carbons (Fsp3) is 0.556. The van der Waals surface area contributed by atoms with Gasteiger partial charge in [-0.25, -0.2) is 4.79 Å². The molecule has 9 nitrogen and oxygen atoms in total. The highest BCUT2D eigenvalue weighted by Crippen LogP contribution is 2.31. The molecule has 1 heterocycles. The average Bonchev–Trinajstić information content (AvgIpc) is 2.58. The molecule has 0 fully saturated rings. The van der Waals surface area contributed by atoms with Crippen LogP contribution in [0.3, 0.4) is 0 Å². The largest absolute Gasteiger partial charge is 0.444 e. The number of ether oxygens (including phenoxy) is 1. The van der Waals surface area contributed by atoms with Gasteiger partial charge in [0.25, 0.3) is 11.6 Å². The summed E-state index contributed by atoms with van der Waals surface area (Å²) in [6.07, 6.45) is 0.190. The molecule has 0 aromatic heterocycles. The zero-order valence-electron chi connectivity index (χ0n) is 16.6. The van der Waals surface area contributed by atoms with Gasteiger partial charge in [0.2, 0.25) is 0 Å². The molecule has 0 saturated carbocycles. The lowest BCUT2D eigenvalue weighted by atomic mass is 9.97. The molecule has 0 saturated heterocycles. The lowest BCUT2D eigenvalue weighted by molar-refractivity contribution is -0.384. The number of carbonyl (C=O) groups is 2. The number of hydrogen-bond acceptors (Lipinski definition) is 6. The van der Waals surface area contributed by atoms with Gasteiger partial charge in [0.05, 0.1) is 11.6 Å². The van der Waals surface area contributed by atoms with Crippen LogP contribution in [0, 0.1) is 10.1 Å². The molecule has 28 heavy (non-hydrogen) atoms. The summed E-state index contributed by atoms with van der Waals surface area (Å²) < 4.78 is 16.8. The van der Waals surface area contributed by atoms with Gasteiger partial charge in [-0.05, 0) is 45.2 Å². The highest BCUT2D eigenvalue weighted by Gasteiger charge is 2.28. The quantitative estimate of drug-likeness (QED) is 0.580. The highest BCUT2D eigenvalue weighted by molar-refractivity contribution is 5.98. The van der Waals surface area contributed by atoms with Crippen LogP contribution in [0.4, 0.5) is 20.6 Å². The normalized spacial score (nSPS) is 13.2. The van der Waals surface area contributed by atoms with Gasteiger partial charge in [0.15, 0.2) is 0 Å². The van der Waals surface area contributed by atoms with E-state index >= 15 is 0 Å². The van der Waals surface area contributed by atoms with E-state index in [0.717, 1.165) is 5.56 Å². The predicted molar refractivity (Wildman–Crippen MR) is 103 cm³/mol. The molecule has 0 bridgehead atoms. The lowest BCUT2D eigenvalue weighted by Crippen LogP contribution is -2.38. The summed E-state index contributed by atoms with van der Waals surface area (Å²) in [6, 6.07) is 2.96. The van der Waals surface area contributed by atoms with Gasteiger partial charge in [-0.3, -0.25) is 19.3 Å². The Morgan fingerprint density at radius 1 is 1.43 bits per heavy atom. The van der Waals surface area contributed by atoms with Crippen LogP contribution in [-0.2, 0) is 11.2 Å². The summed E-state index contributed by atoms with van der Waals surface area (Å²) in [4.78, 5) is 34.3. The van der Waals surface area contributed by atoms with Crippen molar-refractivity contribution in [1.29, 1.82) is 0 Å². The number of halogens is 1. The van der Waals surface area contributed by atoms with E-state index in [1.54, 1.807) is 38.8 Å². The maximum absolute atomic E-state index is 12.3. The first-order valence-electron chi connectivity index (χ1n) is 8.83. The number of nitrogens with zero attached hydrogens (tertiary/aromatic N) is 2. The summed E-state index contributed by atoms with van der Waals surface area (Å²) in [6.45, 7) is 5.67. The Morgan fingerprint density at radius 2 is 2.07 bits per heavy atom. The van der Waals surface area contributed by atoms with Gasteiger partial charge in [0.1, 0.15) is 11.3 Å². The standard InChI is InChI=1S/C13H16FN3O3.C5H11NO2/c1-15-11-7-9-3-6-16(5-2-4-14)13(18)10(9)8-12(11)17(19)20;1-5(2,3)8-4(6)7/h7-8,15H,2-6H2,1H3;1-3H3,(H2,6,7). The Morgan fingerprint density at radius 3 is 2.50 bits per heavy atom. The van der Waals surface area contributed by atoms with Gasteiger partial charge in [-0.2, -0.15) is 0 Å². The van der Waals surface area contributed by atoms with E-state index < -0.39 is 23.3 Å². The van der Waals surface area contributed by atoms with Crippen LogP contribution >= 0.6 is 0 Å². The number of fused-ring (bicyclic) bond motifs is 1. The first kappa shape index (κ1) is 23.1. The lowest BCUT2D eigenvalue weighted by Gasteiger charge is -2.28. The summed E-state index contributed by atoms with van der Waals surface area (Å²) >= 11 is 0. The monoisotopic (exact) mass is 398 g/mol. The van der Waals surface area contributed by atoms with E-state index in [4.69, 9.17) is 5.73 Å². The van der Waals surface area contributed by atoms with E-state index in [1.165, 1.54) is 6.07 Å². The Kier molecular flexibility index (Phi) is 8.15. The molecule has 2 rings (SSSR count). The topological polar surface area (TPSA) is 128 Å². The molecule has 3 N–H and O–H groups in total. The van der Waals surface area contributed by atoms with E-state index in [9.17, 15) is 24.1 Å². The molecule has 0 spiro atoms. The molecule has 1 aromatic rings. The fourth-order valence-corrected chi connectivity index (χ4v) is 2.68. The van der Waals surface area contributed by atoms with Crippen LogP contribution in [0.2, 0.25) is 0 Å². The zero-order valence-corrected chi connectivity index (χ0v) is 16.6. The van der Waals surface area contributed by atoms with E-state index in [2.05, 4.69) is 10.1 Å². The number of alkyl halides is 1. The van der Waals surface area contributed by atoms with Crippen LogP contribution in [0.15, 0.2) is 12.1 Å². The molecule has 0 radical (unpaired) electrons. The summed E-state index contributed by atoms with van der Waals surface area (Å²) in [7, 11) is 1.60. The molecule has 0 atom stereocenters.